The first-order chi connectivity index (χ1) is 10.2. The van der Waals surface area contributed by atoms with E-state index in [-0.39, 0.29) is 12.4 Å². The van der Waals surface area contributed by atoms with Crippen LogP contribution in [0.5, 0.6) is 0 Å². The number of ether oxygens (including phenoxy) is 2. The van der Waals surface area contributed by atoms with Crippen molar-refractivity contribution in [2.24, 2.45) is 0 Å². The Labute approximate surface area is 129 Å². The van der Waals surface area contributed by atoms with E-state index in [1.54, 1.807) is 51.1 Å². The van der Waals surface area contributed by atoms with Crippen LogP contribution in [-0.4, -0.2) is 36.1 Å². The summed E-state index contributed by atoms with van der Waals surface area (Å²) in [4.78, 5) is 35.2. The van der Waals surface area contributed by atoms with Crippen molar-refractivity contribution in [2.45, 2.75) is 39.3 Å². The lowest BCUT2D eigenvalue weighted by Gasteiger charge is -2.23. The van der Waals surface area contributed by atoms with Gasteiger partial charge in [0.25, 0.3) is 0 Å². The zero-order valence-corrected chi connectivity index (χ0v) is 13.2. The van der Waals surface area contributed by atoms with Crippen LogP contribution in [0.2, 0.25) is 0 Å². The predicted octanol–water partition coefficient (Wildman–Crippen LogP) is 2.33. The minimum absolute atomic E-state index is 0.248. The van der Waals surface area contributed by atoms with Gasteiger partial charge >= 0.3 is 12.1 Å². The van der Waals surface area contributed by atoms with Gasteiger partial charge in [0.15, 0.2) is 5.78 Å². The number of esters is 1. The lowest BCUT2D eigenvalue weighted by Crippen LogP contribution is -2.46. The highest BCUT2D eigenvalue weighted by Gasteiger charge is 2.26. The summed E-state index contributed by atoms with van der Waals surface area (Å²) in [7, 11) is 0. The Kier molecular flexibility index (Phi) is 6.10. The number of amides is 1. The Morgan fingerprint density at radius 1 is 1.14 bits per heavy atom. The zero-order chi connectivity index (χ0) is 16.8. The number of carbonyl (C=O) groups is 3. The standard InChI is InChI=1S/C16H21NO5/c1-11(18)21-10-13(17-15(20)22-16(2,3)4)14(19)12-8-6-5-7-9-12/h5-9,13H,10H2,1-4H3,(H,17,20)/t13-/m1/s1. The van der Waals surface area contributed by atoms with E-state index in [1.807, 2.05) is 0 Å². The molecule has 0 aliphatic heterocycles. The minimum Gasteiger partial charge on any atom is -0.463 e. The molecule has 0 spiro atoms. The van der Waals surface area contributed by atoms with Crippen LogP contribution in [0.3, 0.4) is 0 Å². The van der Waals surface area contributed by atoms with Gasteiger partial charge in [0.05, 0.1) is 0 Å². The van der Waals surface area contributed by atoms with Gasteiger partial charge < -0.3 is 14.8 Å². The Hall–Kier alpha value is -2.37. The average Bonchev–Trinajstić information content (AvgIpc) is 2.41. The van der Waals surface area contributed by atoms with Gasteiger partial charge in [-0.15, -0.1) is 0 Å². The second kappa shape index (κ2) is 7.59. The number of alkyl carbamates (subject to hydrolysis) is 1. The third-order valence-corrected chi connectivity index (χ3v) is 2.52. The van der Waals surface area contributed by atoms with Crippen molar-refractivity contribution in [3.63, 3.8) is 0 Å². The number of benzene rings is 1. The van der Waals surface area contributed by atoms with Crippen molar-refractivity contribution in [3.8, 4) is 0 Å². The van der Waals surface area contributed by atoms with Crippen LogP contribution >= 0.6 is 0 Å². The Morgan fingerprint density at radius 3 is 2.23 bits per heavy atom. The van der Waals surface area contributed by atoms with Crippen molar-refractivity contribution in [1.29, 1.82) is 0 Å². The third kappa shape index (κ3) is 6.39. The van der Waals surface area contributed by atoms with Crippen molar-refractivity contribution < 1.29 is 23.9 Å². The fourth-order valence-electron chi connectivity index (χ4n) is 1.64. The highest BCUT2D eigenvalue weighted by molar-refractivity contribution is 6.01. The smallest absolute Gasteiger partial charge is 0.408 e. The van der Waals surface area contributed by atoms with Gasteiger partial charge in [-0.05, 0) is 20.8 Å². The summed E-state index contributed by atoms with van der Waals surface area (Å²) in [6.07, 6.45) is -0.742. The van der Waals surface area contributed by atoms with E-state index < -0.39 is 23.7 Å². The van der Waals surface area contributed by atoms with Gasteiger partial charge in [0.1, 0.15) is 18.2 Å². The summed E-state index contributed by atoms with van der Waals surface area (Å²) in [6, 6.07) is 7.45. The van der Waals surface area contributed by atoms with Crippen molar-refractivity contribution in [3.05, 3.63) is 35.9 Å². The summed E-state index contributed by atoms with van der Waals surface area (Å²) >= 11 is 0. The molecule has 1 aromatic carbocycles. The molecule has 1 atom stereocenters. The molecule has 0 unspecified atom stereocenters. The molecule has 1 amide bonds. The van der Waals surface area contributed by atoms with Crippen molar-refractivity contribution in [1.82, 2.24) is 5.32 Å². The topological polar surface area (TPSA) is 81.7 Å². The molecular weight excluding hydrogens is 286 g/mol. The summed E-state index contributed by atoms with van der Waals surface area (Å²) in [6.45, 7) is 6.13. The maximum absolute atomic E-state index is 12.4. The third-order valence-electron chi connectivity index (χ3n) is 2.52. The van der Waals surface area contributed by atoms with E-state index in [0.717, 1.165) is 0 Å². The number of rotatable bonds is 5. The quantitative estimate of drug-likeness (QED) is 0.667. The number of hydrogen-bond acceptors (Lipinski definition) is 5. The molecule has 0 aromatic heterocycles. The maximum atomic E-state index is 12.4. The summed E-state index contributed by atoms with van der Waals surface area (Å²) < 4.78 is 9.97. The SMILES string of the molecule is CC(=O)OC[C@@H](NC(=O)OC(C)(C)C)C(=O)c1ccccc1. The van der Waals surface area contributed by atoms with Gasteiger partial charge in [-0.25, -0.2) is 4.79 Å². The molecule has 1 N–H and O–H groups in total. The number of carbonyl (C=O) groups excluding carboxylic acids is 3. The van der Waals surface area contributed by atoms with Gasteiger partial charge in [0.2, 0.25) is 0 Å². The monoisotopic (exact) mass is 307 g/mol. The number of ketones is 1. The molecule has 0 aliphatic carbocycles. The van der Waals surface area contributed by atoms with Crippen LogP contribution in [0.1, 0.15) is 38.1 Å². The maximum Gasteiger partial charge on any atom is 0.408 e. The fraction of sp³-hybridized carbons (Fsp3) is 0.438. The van der Waals surface area contributed by atoms with Crippen LogP contribution in [-0.2, 0) is 14.3 Å². The molecule has 1 rings (SSSR count). The summed E-state index contributed by atoms with van der Waals surface area (Å²) in [5.41, 5.74) is -0.276. The number of nitrogens with one attached hydrogen (secondary N) is 1. The molecule has 1 aromatic rings. The lowest BCUT2D eigenvalue weighted by molar-refractivity contribution is -0.141. The zero-order valence-electron chi connectivity index (χ0n) is 13.2. The fourth-order valence-corrected chi connectivity index (χ4v) is 1.64. The molecular formula is C16H21NO5. The normalized spacial score (nSPS) is 12.2. The van der Waals surface area contributed by atoms with E-state index in [2.05, 4.69) is 5.32 Å². The van der Waals surface area contributed by atoms with Gasteiger partial charge in [-0.2, -0.15) is 0 Å². The van der Waals surface area contributed by atoms with Crippen LogP contribution in [0.15, 0.2) is 30.3 Å². The van der Waals surface area contributed by atoms with Gasteiger partial charge in [-0.3, -0.25) is 9.59 Å². The first-order valence-corrected chi connectivity index (χ1v) is 6.91. The highest BCUT2D eigenvalue weighted by Crippen LogP contribution is 2.09. The van der Waals surface area contributed by atoms with Crippen molar-refractivity contribution in [2.75, 3.05) is 6.61 Å². The summed E-state index contributed by atoms with van der Waals surface area (Å²) in [5.74, 6) is -0.885. The first-order valence-electron chi connectivity index (χ1n) is 6.91. The molecule has 6 nitrogen and oxygen atoms in total. The van der Waals surface area contributed by atoms with Crippen molar-refractivity contribution >= 4 is 17.8 Å². The molecule has 22 heavy (non-hydrogen) atoms. The van der Waals surface area contributed by atoms with Crippen LogP contribution < -0.4 is 5.32 Å². The molecule has 0 heterocycles. The van der Waals surface area contributed by atoms with Crippen LogP contribution in [0.25, 0.3) is 0 Å². The number of hydrogen-bond donors (Lipinski definition) is 1. The highest BCUT2D eigenvalue weighted by atomic mass is 16.6. The van der Waals surface area contributed by atoms with Crippen LogP contribution in [0, 0.1) is 0 Å². The molecule has 0 aliphatic rings. The lowest BCUT2D eigenvalue weighted by atomic mass is 10.1. The Morgan fingerprint density at radius 2 is 1.73 bits per heavy atom. The molecule has 0 saturated carbocycles. The molecule has 6 heteroatoms. The second-order valence-corrected chi connectivity index (χ2v) is 5.73. The van der Waals surface area contributed by atoms with Gasteiger partial charge in [0, 0.05) is 12.5 Å². The molecule has 0 radical (unpaired) electrons. The Bertz CT molecular complexity index is 533. The number of Topliss-reactive ketones (excluding diaryl/α,β-unsaturated/α-hetero) is 1. The van der Waals surface area contributed by atoms with Crippen LogP contribution in [0.4, 0.5) is 4.79 Å². The predicted molar refractivity (Wildman–Crippen MR) is 80.6 cm³/mol. The first kappa shape index (κ1) is 17.7. The molecule has 0 saturated heterocycles. The average molecular weight is 307 g/mol. The van der Waals surface area contributed by atoms with Gasteiger partial charge in [-0.1, -0.05) is 30.3 Å². The van der Waals surface area contributed by atoms with E-state index in [0.29, 0.717) is 5.56 Å². The summed E-state index contributed by atoms with van der Waals surface area (Å²) in [5, 5.41) is 2.44. The molecule has 120 valence electrons. The van der Waals surface area contributed by atoms with E-state index >= 15 is 0 Å². The van der Waals surface area contributed by atoms with E-state index in [1.165, 1.54) is 6.92 Å². The van der Waals surface area contributed by atoms with E-state index in [9.17, 15) is 14.4 Å². The Balaban J connectivity index is 2.81. The second-order valence-electron chi connectivity index (χ2n) is 5.73. The molecule has 0 fully saturated rings. The largest absolute Gasteiger partial charge is 0.463 e. The minimum atomic E-state index is -0.999. The van der Waals surface area contributed by atoms with E-state index in [4.69, 9.17) is 9.47 Å². The molecule has 0 bridgehead atoms.